The molecule has 2 aliphatic rings. The molecule has 2 aliphatic carbocycles. The van der Waals surface area contributed by atoms with Crippen LogP contribution < -0.4 is 10.6 Å². The van der Waals surface area contributed by atoms with Crippen LogP contribution in [0.1, 0.15) is 58.8 Å². The van der Waals surface area contributed by atoms with Gasteiger partial charge in [-0.25, -0.2) is 4.79 Å². The summed E-state index contributed by atoms with van der Waals surface area (Å²) in [6.45, 7) is 4.16. The predicted molar refractivity (Wildman–Crippen MR) is 76.5 cm³/mol. The molecule has 0 aromatic carbocycles. The van der Waals surface area contributed by atoms with Crippen LogP contribution in [-0.2, 0) is 4.79 Å². The largest absolute Gasteiger partial charge is 0.481 e. The highest BCUT2D eigenvalue weighted by atomic mass is 16.4. The number of aliphatic carboxylic acids is 1. The summed E-state index contributed by atoms with van der Waals surface area (Å²) < 4.78 is 0. The second-order valence-electron chi connectivity index (χ2n) is 6.83. The number of carboxylic acids is 1. The van der Waals surface area contributed by atoms with Gasteiger partial charge in [0.05, 0.1) is 5.92 Å². The third-order valence-electron chi connectivity index (χ3n) is 4.97. The van der Waals surface area contributed by atoms with Crippen LogP contribution in [0.15, 0.2) is 0 Å². The Morgan fingerprint density at radius 1 is 1.05 bits per heavy atom. The molecule has 0 unspecified atom stereocenters. The number of amides is 2. The van der Waals surface area contributed by atoms with Crippen LogP contribution in [0.2, 0.25) is 0 Å². The zero-order chi connectivity index (χ0) is 14.8. The molecular weight excluding hydrogens is 256 g/mol. The lowest BCUT2D eigenvalue weighted by Gasteiger charge is -2.41. The number of rotatable bonds is 4. The minimum Gasteiger partial charge on any atom is -0.481 e. The number of carboxylic acid groups (broad SMARTS) is 1. The Kier molecular flexibility index (Phi) is 4.55. The fourth-order valence-electron chi connectivity index (χ4n) is 3.23. The number of carbonyl (C=O) groups excluding carboxylic acids is 1. The number of hydrogen-bond donors (Lipinski definition) is 3. The first-order valence-corrected chi connectivity index (χ1v) is 7.70. The summed E-state index contributed by atoms with van der Waals surface area (Å²) in [6.07, 6.45) is 6.48. The van der Waals surface area contributed by atoms with E-state index in [1.165, 1.54) is 19.3 Å². The standard InChI is InChI=1S/C15H26N2O3/c1-15(2,11-4-3-5-11)17-14(20)16-12-8-6-10(7-9-12)13(18)19/h10-12H,3-9H2,1-2H3,(H,18,19)(H2,16,17,20). The molecule has 0 spiro atoms. The van der Waals surface area contributed by atoms with Gasteiger partial charge in [0.2, 0.25) is 0 Å². The van der Waals surface area contributed by atoms with Crippen molar-refractivity contribution in [3.05, 3.63) is 0 Å². The molecule has 2 saturated carbocycles. The molecule has 2 rings (SSSR count). The van der Waals surface area contributed by atoms with Crippen molar-refractivity contribution in [3.63, 3.8) is 0 Å². The Balaban J connectivity index is 1.74. The van der Waals surface area contributed by atoms with Gasteiger partial charge in [0, 0.05) is 11.6 Å². The van der Waals surface area contributed by atoms with Crippen LogP contribution in [0.25, 0.3) is 0 Å². The number of carbonyl (C=O) groups is 2. The van der Waals surface area contributed by atoms with Crippen molar-refractivity contribution in [1.82, 2.24) is 10.6 Å². The van der Waals surface area contributed by atoms with Crippen LogP contribution >= 0.6 is 0 Å². The van der Waals surface area contributed by atoms with E-state index in [0.717, 1.165) is 12.8 Å². The smallest absolute Gasteiger partial charge is 0.315 e. The summed E-state index contributed by atoms with van der Waals surface area (Å²) in [6, 6.07) is 0.00321. The molecule has 0 radical (unpaired) electrons. The molecule has 5 nitrogen and oxygen atoms in total. The molecule has 5 heteroatoms. The van der Waals surface area contributed by atoms with Crippen LogP contribution in [0, 0.1) is 11.8 Å². The van der Waals surface area contributed by atoms with Gasteiger partial charge in [-0.15, -0.1) is 0 Å². The van der Waals surface area contributed by atoms with Crippen LogP contribution in [0.5, 0.6) is 0 Å². The molecule has 114 valence electrons. The molecule has 0 aromatic heterocycles. The number of hydrogen-bond acceptors (Lipinski definition) is 2. The van der Waals surface area contributed by atoms with Gasteiger partial charge in [0.25, 0.3) is 0 Å². The van der Waals surface area contributed by atoms with E-state index in [9.17, 15) is 9.59 Å². The average molecular weight is 282 g/mol. The molecule has 0 aliphatic heterocycles. The predicted octanol–water partition coefficient (Wildman–Crippen LogP) is 2.51. The maximum atomic E-state index is 12.0. The second-order valence-corrected chi connectivity index (χ2v) is 6.83. The molecule has 0 bridgehead atoms. The van der Waals surface area contributed by atoms with Gasteiger partial charge in [0.15, 0.2) is 0 Å². The first kappa shape index (κ1) is 15.1. The quantitative estimate of drug-likeness (QED) is 0.741. The Morgan fingerprint density at radius 2 is 1.65 bits per heavy atom. The first-order chi connectivity index (χ1) is 9.38. The molecular formula is C15H26N2O3. The van der Waals surface area contributed by atoms with Crippen molar-refractivity contribution < 1.29 is 14.7 Å². The minimum atomic E-state index is -0.709. The SMILES string of the molecule is CC(C)(NC(=O)NC1CCC(C(=O)O)CC1)C1CCC1. The van der Waals surface area contributed by atoms with Crippen molar-refractivity contribution in [3.8, 4) is 0 Å². The van der Waals surface area contributed by atoms with E-state index in [1.54, 1.807) is 0 Å². The minimum absolute atomic E-state index is 0.110. The van der Waals surface area contributed by atoms with Gasteiger partial charge in [0.1, 0.15) is 0 Å². The lowest BCUT2D eigenvalue weighted by molar-refractivity contribution is -0.142. The maximum absolute atomic E-state index is 12.0. The molecule has 0 atom stereocenters. The Hall–Kier alpha value is -1.26. The molecule has 2 amide bonds. The number of nitrogens with one attached hydrogen (secondary N) is 2. The van der Waals surface area contributed by atoms with Crippen molar-refractivity contribution in [2.45, 2.75) is 70.4 Å². The van der Waals surface area contributed by atoms with E-state index in [2.05, 4.69) is 24.5 Å². The average Bonchev–Trinajstić information content (AvgIpc) is 2.25. The summed E-state index contributed by atoms with van der Waals surface area (Å²) in [7, 11) is 0. The van der Waals surface area contributed by atoms with Gasteiger partial charge < -0.3 is 15.7 Å². The lowest BCUT2D eigenvalue weighted by atomic mass is 9.72. The Bertz CT molecular complexity index is 369. The van der Waals surface area contributed by atoms with Crippen molar-refractivity contribution in [2.75, 3.05) is 0 Å². The summed E-state index contributed by atoms with van der Waals surface area (Å²) in [5.41, 5.74) is -0.152. The van der Waals surface area contributed by atoms with Gasteiger partial charge in [-0.3, -0.25) is 4.79 Å². The van der Waals surface area contributed by atoms with E-state index < -0.39 is 5.97 Å². The van der Waals surface area contributed by atoms with Gasteiger partial charge >= 0.3 is 12.0 Å². The van der Waals surface area contributed by atoms with Gasteiger partial charge in [-0.2, -0.15) is 0 Å². The van der Waals surface area contributed by atoms with E-state index in [-0.39, 0.29) is 23.5 Å². The topological polar surface area (TPSA) is 78.4 Å². The van der Waals surface area contributed by atoms with Crippen LogP contribution in [-0.4, -0.2) is 28.7 Å². The van der Waals surface area contributed by atoms with E-state index in [4.69, 9.17) is 5.11 Å². The van der Waals surface area contributed by atoms with E-state index >= 15 is 0 Å². The zero-order valence-corrected chi connectivity index (χ0v) is 12.4. The molecule has 0 saturated heterocycles. The molecule has 0 heterocycles. The van der Waals surface area contributed by atoms with Gasteiger partial charge in [-0.1, -0.05) is 6.42 Å². The second kappa shape index (κ2) is 6.02. The summed E-state index contributed by atoms with van der Waals surface area (Å²) in [5, 5.41) is 15.0. The van der Waals surface area contributed by atoms with Crippen LogP contribution in [0.3, 0.4) is 0 Å². The monoisotopic (exact) mass is 282 g/mol. The van der Waals surface area contributed by atoms with Gasteiger partial charge in [-0.05, 0) is 58.3 Å². The Labute approximate surface area is 120 Å². The fraction of sp³-hybridized carbons (Fsp3) is 0.867. The van der Waals surface area contributed by atoms with Crippen molar-refractivity contribution >= 4 is 12.0 Å². The highest BCUT2D eigenvalue weighted by molar-refractivity contribution is 5.75. The Morgan fingerprint density at radius 3 is 2.10 bits per heavy atom. The first-order valence-electron chi connectivity index (χ1n) is 7.70. The third kappa shape index (κ3) is 3.64. The van der Waals surface area contributed by atoms with Crippen LogP contribution in [0.4, 0.5) is 4.79 Å². The zero-order valence-electron chi connectivity index (χ0n) is 12.4. The van der Waals surface area contributed by atoms with Crippen molar-refractivity contribution in [1.29, 1.82) is 0 Å². The lowest BCUT2D eigenvalue weighted by Crippen LogP contribution is -2.56. The normalized spacial score (nSPS) is 27.5. The maximum Gasteiger partial charge on any atom is 0.315 e. The van der Waals surface area contributed by atoms with E-state index in [0.29, 0.717) is 18.8 Å². The molecule has 2 fully saturated rings. The fourth-order valence-corrected chi connectivity index (χ4v) is 3.23. The summed E-state index contributed by atoms with van der Waals surface area (Å²) >= 11 is 0. The molecule has 20 heavy (non-hydrogen) atoms. The van der Waals surface area contributed by atoms with Crippen molar-refractivity contribution in [2.24, 2.45) is 11.8 Å². The summed E-state index contributed by atoms with van der Waals surface area (Å²) in [4.78, 5) is 22.9. The van der Waals surface area contributed by atoms with E-state index in [1.807, 2.05) is 0 Å². The third-order valence-corrected chi connectivity index (χ3v) is 4.97. The highest BCUT2D eigenvalue weighted by Gasteiger charge is 2.35. The summed E-state index contributed by atoms with van der Waals surface area (Å²) in [5.74, 6) is -0.363. The highest BCUT2D eigenvalue weighted by Crippen LogP contribution is 2.35. The molecule has 0 aromatic rings. The molecule has 3 N–H and O–H groups in total. The number of urea groups is 1.